The molecule has 0 aromatic carbocycles. The molecule has 0 saturated carbocycles. The summed E-state index contributed by atoms with van der Waals surface area (Å²) in [6.45, 7) is 1.16. The van der Waals surface area contributed by atoms with Crippen molar-refractivity contribution in [2.24, 2.45) is 0 Å². The first-order chi connectivity index (χ1) is 7.83. The fraction of sp³-hybridized carbons (Fsp3) is 0.500. The van der Waals surface area contributed by atoms with E-state index in [1.165, 1.54) is 12.4 Å². The Bertz CT molecular complexity index is 387. The predicted octanol–water partition coefficient (Wildman–Crippen LogP) is 0.174. The second-order valence-corrected chi connectivity index (χ2v) is 3.46. The molecule has 1 aliphatic rings. The molecule has 1 aliphatic heterocycles. The molecule has 0 bridgehead atoms. The van der Waals surface area contributed by atoms with Crippen molar-refractivity contribution in [3.05, 3.63) is 18.1 Å². The molecule has 2 heterocycles. The molecule has 2 rings (SSSR count). The smallest absolute Gasteiger partial charge is 0.158 e. The second kappa shape index (κ2) is 4.88. The highest BCUT2D eigenvalue weighted by Crippen LogP contribution is 2.13. The van der Waals surface area contributed by atoms with Crippen LogP contribution in [0.3, 0.4) is 0 Å². The number of hydrogen-bond donors (Lipinski definition) is 1. The van der Waals surface area contributed by atoms with Crippen LogP contribution in [0.25, 0.3) is 0 Å². The number of methoxy groups -OCH3 is 1. The van der Waals surface area contributed by atoms with Gasteiger partial charge in [-0.2, -0.15) is 5.26 Å². The highest BCUT2D eigenvalue weighted by atomic mass is 16.5. The van der Waals surface area contributed by atoms with E-state index >= 15 is 0 Å². The number of nitrogens with one attached hydrogen (secondary N) is 1. The zero-order valence-corrected chi connectivity index (χ0v) is 8.88. The van der Waals surface area contributed by atoms with E-state index in [2.05, 4.69) is 15.3 Å². The van der Waals surface area contributed by atoms with Crippen LogP contribution < -0.4 is 5.32 Å². The molecule has 0 radical (unpaired) electrons. The Morgan fingerprint density at radius 3 is 3.00 bits per heavy atom. The number of rotatable bonds is 3. The number of anilines is 1. The van der Waals surface area contributed by atoms with E-state index in [1.807, 2.05) is 6.07 Å². The lowest BCUT2D eigenvalue weighted by molar-refractivity contribution is 0.0795. The minimum atomic E-state index is 0.0254. The van der Waals surface area contributed by atoms with Gasteiger partial charge in [0.25, 0.3) is 0 Å². The molecule has 0 unspecified atom stereocenters. The molecular weight excluding hydrogens is 208 g/mol. The average Bonchev–Trinajstić information content (AvgIpc) is 2.77. The monoisotopic (exact) mass is 220 g/mol. The lowest BCUT2D eigenvalue weighted by Gasteiger charge is -2.17. The molecule has 2 atom stereocenters. The van der Waals surface area contributed by atoms with Gasteiger partial charge in [-0.1, -0.05) is 0 Å². The Balaban J connectivity index is 2.00. The van der Waals surface area contributed by atoms with E-state index in [9.17, 15) is 0 Å². The topological polar surface area (TPSA) is 80.1 Å². The van der Waals surface area contributed by atoms with Crippen molar-refractivity contribution in [1.29, 1.82) is 5.26 Å². The predicted molar refractivity (Wildman–Crippen MR) is 55.8 cm³/mol. The summed E-state index contributed by atoms with van der Waals surface area (Å²) in [6, 6.07) is 1.99. The minimum absolute atomic E-state index is 0.0254. The Kier molecular flexibility index (Phi) is 3.29. The zero-order valence-electron chi connectivity index (χ0n) is 8.88. The van der Waals surface area contributed by atoms with E-state index in [1.54, 1.807) is 7.11 Å². The van der Waals surface area contributed by atoms with E-state index in [0.717, 1.165) is 0 Å². The maximum atomic E-state index is 8.58. The van der Waals surface area contributed by atoms with Gasteiger partial charge in [-0.25, -0.2) is 9.97 Å². The molecule has 1 fully saturated rings. The Hall–Kier alpha value is -1.71. The molecule has 0 amide bonds. The maximum Gasteiger partial charge on any atom is 0.158 e. The first-order valence-corrected chi connectivity index (χ1v) is 4.92. The van der Waals surface area contributed by atoms with Crippen molar-refractivity contribution in [2.45, 2.75) is 12.1 Å². The van der Waals surface area contributed by atoms with Gasteiger partial charge in [-0.05, 0) is 0 Å². The van der Waals surface area contributed by atoms with Crippen molar-refractivity contribution in [1.82, 2.24) is 9.97 Å². The van der Waals surface area contributed by atoms with Crippen LogP contribution in [0.2, 0.25) is 0 Å². The molecule has 84 valence electrons. The van der Waals surface area contributed by atoms with Crippen molar-refractivity contribution in [2.75, 3.05) is 25.6 Å². The van der Waals surface area contributed by atoms with Gasteiger partial charge >= 0.3 is 0 Å². The fourth-order valence-electron chi connectivity index (χ4n) is 1.55. The van der Waals surface area contributed by atoms with Gasteiger partial charge in [0.2, 0.25) is 0 Å². The first kappa shape index (κ1) is 10.8. The number of nitriles is 1. The van der Waals surface area contributed by atoms with Gasteiger partial charge in [0.05, 0.1) is 31.6 Å². The SMILES string of the molecule is CO[C@@H]1COC[C@@H]1Nc1cnc(C#N)cn1. The standard InChI is InChI=1S/C10H12N4O2/c1-15-9-6-16-5-8(9)14-10-4-12-7(2-11)3-13-10/h3-4,8-9H,5-6H2,1H3,(H,13,14)/t8-,9+/m0/s1. The van der Waals surface area contributed by atoms with Crippen LogP contribution in [0.15, 0.2) is 12.4 Å². The molecular formula is C10H12N4O2. The zero-order chi connectivity index (χ0) is 11.4. The number of ether oxygens (including phenoxy) is 2. The lowest BCUT2D eigenvalue weighted by Crippen LogP contribution is -2.33. The Morgan fingerprint density at radius 2 is 2.38 bits per heavy atom. The minimum Gasteiger partial charge on any atom is -0.377 e. The van der Waals surface area contributed by atoms with E-state index in [4.69, 9.17) is 14.7 Å². The van der Waals surface area contributed by atoms with Gasteiger partial charge in [0.15, 0.2) is 5.69 Å². The first-order valence-electron chi connectivity index (χ1n) is 4.92. The summed E-state index contributed by atoms with van der Waals surface area (Å²) in [7, 11) is 1.65. The van der Waals surface area contributed by atoms with Crippen molar-refractivity contribution in [3.8, 4) is 6.07 Å². The van der Waals surface area contributed by atoms with Crippen molar-refractivity contribution in [3.63, 3.8) is 0 Å². The summed E-state index contributed by atoms with van der Waals surface area (Å²) in [6.07, 6.45) is 2.99. The molecule has 0 aliphatic carbocycles. The fourth-order valence-corrected chi connectivity index (χ4v) is 1.55. The summed E-state index contributed by atoms with van der Waals surface area (Å²) in [5, 5.41) is 11.7. The van der Waals surface area contributed by atoms with Crippen LogP contribution in [0.5, 0.6) is 0 Å². The molecule has 16 heavy (non-hydrogen) atoms. The van der Waals surface area contributed by atoms with Gasteiger partial charge in [-0.3, -0.25) is 0 Å². The van der Waals surface area contributed by atoms with Crippen LogP contribution in [-0.2, 0) is 9.47 Å². The summed E-state index contributed by atoms with van der Waals surface area (Å²) in [4.78, 5) is 8.00. The largest absolute Gasteiger partial charge is 0.377 e. The van der Waals surface area contributed by atoms with Crippen molar-refractivity contribution < 1.29 is 9.47 Å². The van der Waals surface area contributed by atoms with Crippen LogP contribution >= 0.6 is 0 Å². The van der Waals surface area contributed by atoms with Gasteiger partial charge in [-0.15, -0.1) is 0 Å². The second-order valence-electron chi connectivity index (χ2n) is 3.46. The third kappa shape index (κ3) is 2.27. The summed E-state index contributed by atoms with van der Waals surface area (Å²) < 4.78 is 10.5. The van der Waals surface area contributed by atoms with E-state index < -0.39 is 0 Å². The van der Waals surface area contributed by atoms with Gasteiger partial charge in [0, 0.05) is 7.11 Å². The summed E-state index contributed by atoms with van der Waals surface area (Å²) >= 11 is 0. The highest BCUT2D eigenvalue weighted by Gasteiger charge is 2.28. The summed E-state index contributed by atoms with van der Waals surface area (Å²) in [5.41, 5.74) is 0.302. The normalized spacial score (nSPS) is 24.0. The van der Waals surface area contributed by atoms with Crippen molar-refractivity contribution >= 4 is 5.82 Å². The number of aromatic nitrogens is 2. The molecule has 6 heteroatoms. The highest BCUT2D eigenvalue weighted by molar-refractivity contribution is 5.35. The summed E-state index contributed by atoms with van der Waals surface area (Å²) in [5.74, 6) is 0.622. The van der Waals surface area contributed by atoms with Gasteiger partial charge in [0.1, 0.15) is 18.0 Å². The van der Waals surface area contributed by atoms with Crippen LogP contribution in [0, 0.1) is 11.3 Å². The van der Waals surface area contributed by atoms with E-state index in [-0.39, 0.29) is 12.1 Å². The van der Waals surface area contributed by atoms with Crippen LogP contribution in [0.4, 0.5) is 5.82 Å². The average molecular weight is 220 g/mol. The number of hydrogen-bond acceptors (Lipinski definition) is 6. The third-order valence-electron chi connectivity index (χ3n) is 2.43. The molecule has 1 N–H and O–H groups in total. The molecule has 1 saturated heterocycles. The van der Waals surface area contributed by atoms with E-state index in [0.29, 0.717) is 24.7 Å². The Labute approximate surface area is 93.2 Å². The molecule has 6 nitrogen and oxygen atoms in total. The Morgan fingerprint density at radius 1 is 1.50 bits per heavy atom. The molecule has 1 aromatic rings. The molecule has 0 spiro atoms. The number of nitrogens with zero attached hydrogens (tertiary/aromatic N) is 3. The third-order valence-corrected chi connectivity index (χ3v) is 2.43. The molecule has 1 aromatic heterocycles. The van der Waals surface area contributed by atoms with Crippen LogP contribution in [0.1, 0.15) is 5.69 Å². The quantitative estimate of drug-likeness (QED) is 0.782. The van der Waals surface area contributed by atoms with Gasteiger partial charge < -0.3 is 14.8 Å². The lowest BCUT2D eigenvalue weighted by atomic mass is 10.2. The maximum absolute atomic E-state index is 8.58. The van der Waals surface area contributed by atoms with Crippen LogP contribution in [-0.4, -0.2) is 42.4 Å².